The largest absolute Gasteiger partial charge is 0.261 e. The maximum atomic E-state index is 6.15. The molecule has 1 N–H and O–H groups in total. The summed E-state index contributed by atoms with van der Waals surface area (Å²) in [7, 11) is 0. The molecule has 0 spiro atoms. The molecular formula is C15H22ClN4+. The van der Waals surface area contributed by atoms with E-state index in [4.69, 9.17) is 16.6 Å². The summed E-state index contributed by atoms with van der Waals surface area (Å²) < 4.78 is 2.10. The number of amidine groups is 2. The van der Waals surface area contributed by atoms with Gasteiger partial charge >= 0.3 is 0 Å². The van der Waals surface area contributed by atoms with E-state index >= 15 is 0 Å². The van der Waals surface area contributed by atoms with E-state index in [0.717, 1.165) is 5.84 Å². The van der Waals surface area contributed by atoms with Crippen molar-refractivity contribution in [2.45, 2.75) is 58.5 Å². The molecule has 2 heterocycles. The number of fused-ring (bicyclic) bond motifs is 1. The number of hydrogen-bond acceptors (Lipinski definition) is 2. The number of allylic oxidation sites excluding steroid dienone is 1. The highest BCUT2D eigenvalue weighted by Crippen LogP contribution is 2.25. The molecule has 0 radical (unpaired) electrons. The Bertz CT molecular complexity index is 531. The molecule has 0 aromatic rings. The van der Waals surface area contributed by atoms with Crippen molar-refractivity contribution in [3.63, 3.8) is 0 Å². The Morgan fingerprint density at radius 2 is 2.05 bits per heavy atom. The van der Waals surface area contributed by atoms with E-state index in [1.165, 1.54) is 31.4 Å². The molecule has 1 unspecified atom stereocenters. The van der Waals surface area contributed by atoms with Gasteiger partial charge in [-0.1, -0.05) is 38.3 Å². The molecule has 1 saturated carbocycles. The summed E-state index contributed by atoms with van der Waals surface area (Å²) in [6.45, 7) is 6.60. The van der Waals surface area contributed by atoms with Crippen LogP contribution in [0.1, 0.15) is 46.5 Å². The van der Waals surface area contributed by atoms with Gasteiger partial charge in [0.15, 0.2) is 0 Å². The number of aliphatic imine (C=N–C) groups is 2. The second-order valence-electron chi connectivity index (χ2n) is 6.75. The van der Waals surface area contributed by atoms with Gasteiger partial charge in [-0.2, -0.15) is 4.99 Å². The molecule has 0 amide bonds. The van der Waals surface area contributed by atoms with Crippen molar-refractivity contribution in [1.29, 1.82) is 0 Å². The van der Waals surface area contributed by atoms with Crippen LogP contribution >= 0.6 is 11.6 Å². The summed E-state index contributed by atoms with van der Waals surface area (Å²) in [6, 6.07) is 0.498. The lowest BCUT2D eigenvalue weighted by atomic mass is 9.90. The third-order valence-electron chi connectivity index (χ3n) is 4.07. The van der Waals surface area contributed by atoms with Crippen LogP contribution in [0.15, 0.2) is 22.1 Å². The number of rotatable bonds is 1. The van der Waals surface area contributed by atoms with Crippen LogP contribution in [-0.2, 0) is 0 Å². The predicted octanol–water partition coefficient (Wildman–Crippen LogP) is 2.88. The molecule has 3 rings (SSSR count). The van der Waals surface area contributed by atoms with Crippen LogP contribution in [0.2, 0.25) is 0 Å². The zero-order valence-corrected chi connectivity index (χ0v) is 13.1. The van der Waals surface area contributed by atoms with Gasteiger partial charge in [-0.05, 0) is 24.4 Å². The van der Waals surface area contributed by atoms with Crippen molar-refractivity contribution in [3.8, 4) is 0 Å². The van der Waals surface area contributed by atoms with E-state index in [0.29, 0.717) is 11.3 Å². The first-order valence-electron chi connectivity index (χ1n) is 7.38. The molecule has 4 nitrogen and oxygen atoms in total. The third kappa shape index (κ3) is 2.53. The van der Waals surface area contributed by atoms with Crippen LogP contribution in [0.25, 0.3) is 0 Å². The number of nitrogens with one attached hydrogen (secondary N) is 1. The van der Waals surface area contributed by atoms with Crippen LogP contribution in [0.3, 0.4) is 0 Å². The van der Waals surface area contributed by atoms with Gasteiger partial charge in [0.25, 0.3) is 11.3 Å². The smallest absolute Gasteiger partial charge is 0.259 e. The Kier molecular flexibility index (Phi) is 3.44. The van der Waals surface area contributed by atoms with Gasteiger partial charge in [-0.15, -0.1) is 5.43 Å². The quantitative estimate of drug-likeness (QED) is 0.586. The summed E-state index contributed by atoms with van der Waals surface area (Å²) in [6.07, 6.45) is 9.23. The lowest BCUT2D eigenvalue weighted by Gasteiger charge is -2.20. The van der Waals surface area contributed by atoms with E-state index < -0.39 is 0 Å². The van der Waals surface area contributed by atoms with Gasteiger partial charge in [-0.3, -0.25) is 4.99 Å². The summed E-state index contributed by atoms with van der Waals surface area (Å²) in [5.41, 5.74) is 4.44. The summed E-state index contributed by atoms with van der Waals surface area (Å²) in [5, 5.41) is 0.406. The molecule has 3 aliphatic rings. The average Bonchev–Trinajstić information content (AvgIpc) is 2.95. The highest BCUT2D eigenvalue weighted by molar-refractivity contribution is 6.65. The van der Waals surface area contributed by atoms with Gasteiger partial charge in [-0.25, -0.2) is 0 Å². The van der Waals surface area contributed by atoms with Gasteiger partial charge < -0.3 is 0 Å². The van der Waals surface area contributed by atoms with Crippen LogP contribution in [0, 0.1) is 5.41 Å². The zero-order valence-electron chi connectivity index (χ0n) is 12.4. The normalized spacial score (nSPS) is 28.9. The standard InChI is InChI=1S/C15H22ClN4/c1-15(2,3)12-9-8-11-13(17-10-6-4-5-7-10)18-14(16)19-20(11)12/h8-11H,4-7H2,1-3H3,(H,17,18,19)/q+1. The third-order valence-corrected chi connectivity index (χ3v) is 4.24. The fourth-order valence-electron chi connectivity index (χ4n) is 3.06. The van der Waals surface area contributed by atoms with E-state index in [1.807, 2.05) is 0 Å². The SMILES string of the molecule is CC(C)(C)C1=[N+]2NC(Cl)=NC(=NC3CCCC3)C2C=C1. The van der Waals surface area contributed by atoms with E-state index in [1.54, 1.807) is 0 Å². The summed E-state index contributed by atoms with van der Waals surface area (Å²) >= 11 is 6.15. The molecule has 0 aromatic heterocycles. The molecule has 1 aliphatic carbocycles. The molecule has 5 heteroatoms. The van der Waals surface area contributed by atoms with Crippen molar-refractivity contribution in [3.05, 3.63) is 12.2 Å². The van der Waals surface area contributed by atoms with Crippen molar-refractivity contribution >= 4 is 28.4 Å². The number of hydrazone groups is 1. The molecule has 108 valence electrons. The molecule has 1 atom stereocenters. The first-order valence-corrected chi connectivity index (χ1v) is 7.76. The molecule has 20 heavy (non-hydrogen) atoms. The van der Waals surface area contributed by atoms with Gasteiger partial charge in [0.1, 0.15) is 0 Å². The topological polar surface area (TPSA) is 39.8 Å². The van der Waals surface area contributed by atoms with E-state index in [9.17, 15) is 0 Å². The Morgan fingerprint density at radius 3 is 2.70 bits per heavy atom. The van der Waals surface area contributed by atoms with Gasteiger partial charge in [0, 0.05) is 17.6 Å². The number of nitrogens with zero attached hydrogens (tertiary/aromatic N) is 3. The lowest BCUT2D eigenvalue weighted by molar-refractivity contribution is -0.580. The highest BCUT2D eigenvalue weighted by atomic mass is 35.5. The van der Waals surface area contributed by atoms with Crippen LogP contribution < -0.4 is 5.43 Å². The molecule has 2 aliphatic heterocycles. The van der Waals surface area contributed by atoms with Crippen molar-refractivity contribution in [2.24, 2.45) is 15.4 Å². The molecular weight excluding hydrogens is 272 g/mol. The number of halogens is 1. The lowest BCUT2D eigenvalue weighted by Crippen LogP contribution is -2.49. The fourth-order valence-corrected chi connectivity index (χ4v) is 3.24. The van der Waals surface area contributed by atoms with Crippen molar-refractivity contribution in [1.82, 2.24) is 5.43 Å². The molecule has 0 saturated heterocycles. The minimum atomic E-state index is 0.0607. The fraction of sp³-hybridized carbons (Fsp3) is 0.667. The zero-order chi connectivity index (χ0) is 14.3. The average molecular weight is 294 g/mol. The monoisotopic (exact) mass is 293 g/mol. The Hall–Kier alpha value is -1.16. The van der Waals surface area contributed by atoms with Crippen LogP contribution in [-0.4, -0.2) is 33.6 Å². The number of hydrogen-bond donors (Lipinski definition) is 1. The van der Waals surface area contributed by atoms with Crippen LogP contribution in [0.5, 0.6) is 0 Å². The van der Waals surface area contributed by atoms with E-state index in [2.05, 4.69) is 48.0 Å². The second-order valence-corrected chi connectivity index (χ2v) is 7.11. The van der Waals surface area contributed by atoms with E-state index in [-0.39, 0.29) is 11.5 Å². The Morgan fingerprint density at radius 1 is 1.35 bits per heavy atom. The minimum Gasteiger partial charge on any atom is -0.261 e. The molecule has 0 aromatic carbocycles. The Labute approximate surface area is 125 Å². The second kappa shape index (κ2) is 4.99. The predicted molar refractivity (Wildman–Crippen MR) is 83.8 cm³/mol. The first kappa shape index (κ1) is 13.8. The summed E-state index contributed by atoms with van der Waals surface area (Å²) in [4.78, 5) is 9.26. The van der Waals surface area contributed by atoms with Crippen molar-refractivity contribution < 1.29 is 4.68 Å². The minimum absolute atomic E-state index is 0.0607. The molecule has 1 fully saturated rings. The highest BCUT2D eigenvalue weighted by Gasteiger charge is 2.42. The first-order chi connectivity index (χ1) is 9.45. The van der Waals surface area contributed by atoms with Gasteiger partial charge in [0.05, 0.1) is 6.04 Å². The van der Waals surface area contributed by atoms with Crippen molar-refractivity contribution in [2.75, 3.05) is 0 Å². The molecule has 0 bridgehead atoms. The van der Waals surface area contributed by atoms with Crippen LogP contribution in [0.4, 0.5) is 0 Å². The maximum absolute atomic E-state index is 6.15. The van der Waals surface area contributed by atoms with Gasteiger partial charge in [0.2, 0.25) is 11.5 Å². The Balaban J connectivity index is 1.96. The maximum Gasteiger partial charge on any atom is 0.259 e. The summed E-state index contributed by atoms with van der Waals surface area (Å²) in [5.74, 6) is 0.844. The number of hydrazine groups is 1.